The van der Waals surface area contributed by atoms with Gasteiger partial charge in [-0.15, -0.1) is 0 Å². The van der Waals surface area contributed by atoms with Crippen LogP contribution in [0.25, 0.3) is 10.8 Å². The summed E-state index contributed by atoms with van der Waals surface area (Å²) in [6, 6.07) is 14.7. The number of nitrogens with two attached hydrogens (primary N) is 1. The van der Waals surface area contributed by atoms with E-state index in [1.54, 1.807) is 0 Å². The van der Waals surface area contributed by atoms with E-state index >= 15 is 0 Å². The second-order valence-electron chi connectivity index (χ2n) is 5.25. The normalized spacial score (nSPS) is 12.3. The van der Waals surface area contributed by atoms with Crippen LogP contribution in [0.3, 0.4) is 0 Å². The van der Waals surface area contributed by atoms with Crippen LogP contribution in [-0.2, 0) is 11.2 Å². The van der Waals surface area contributed by atoms with Gasteiger partial charge >= 0.3 is 0 Å². The van der Waals surface area contributed by atoms with E-state index in [0.717, 1.165) is 12.8 Å². The first kappa shape index (κ1) is 14.5. The van der Waals surface area contributed by atoms with Gasteiger partial charge in [-0.3, -0.25) is 4.79 Å². The summed E-state index contributed by atoms with van der Waals surface area (Å²) in [5, 5.41) is 5.46. The molecule has 1 unspecified atom stereocenters. The molecular formula is C17H22N2O. The van der Waals surface area contributed by atoms with E-state index in [-0.39, 0.29) is 11.9 Å². The van der Waals surface area contributed by atoms with Gasteiger partial charge in [-0.2, -0.15) is 0 Å². The summed E-state index contributed by atoms with van der Waals surface area (Å²) in [6.07, 6.45) is 2.10. The van der Waals surface area contributed by atoms with Crippen molar-refractivity contribution in [2.45, 2.75) is 32.2 Å². The van der Waals surface area contributed by atoms with E-state index < -0.39 is 0 Å². The minimum Gasteiger partial charge on any atom is -0.356 e. The minimum absolute atomic E-state index is 0.0822. The van der Waals surface area contributed by atoms with Crippen molar-refractivity contribution in [2.24, 2.45) is 5.73 Å². The quantitative estimate of drug-likeness (QED) is 0.847. The lowest BCUT2D eigenvalue weighted by Crippen LogP contribution is -2.27. The van der Waals surface area contributed by atoms with E-state index in [2.05, 4.69) is 35.6 Å². The number of fused-ring (bicyclic) bond motifs is 1. The molecule has 0 aliphatic heterocycles. The number of hydrogen-bond donors (Lipinski definition) is 2. The van der Waals surface area contributed by atoms with Crippen molar-refractivity contribution in [2.75, 3.05) is 6.54 Å². The Morgan fingerprint density at radius 2 is 1.95 bits per heavy atom. The molecule has 0 aliphatic rings. The number of rotatable bonds is 6. The van der Waals surface area contributed by atoms with Gasteiger partial charge in [0.05, 0.1) is 0 Å². The van der Waals surface area contributed by atoms with Crippen molar-refractivity contribution in [1.82, 2.24) is 5.32 Å². The first-order valence-corrected chi connectivity index (χ1v) is 7.16. The Morgan fingerprint density at radius 1 is 1.20 bits per heavy atom. The zero-order chi connectivity index (χ0) is 14.4. The largest absolute Gasteiger partial charge is 0.356 e. The zero-order valence-corrected chi connectivity index (χ0v) is 11.9. The van der Waals surface area contributed by atoms with Crippen LogP contribution in [0.15, 0.2) is 42.5 Å². The van der Waals surface area contributed by atoms with Gasteiger partial charge in [-0.25, -0.2) is 0 Å². The Kier molecular flexibility index (Phi) is 5.13. The number of carbonyl (C=O) groups is 1. The number of carbonyl (C=O) groups excluding carboxylic acids is 1. The Labute approximate surface area is 120 Å². The fraction of sp³-hybridized carbons (Fsp3) is 0.353. The van der Waals surface area contributed by atoms with Crippen LogP contribution in [0.4, 0.5) is 0 Å². The summed E-state index contributed by atoms with van der Waals surface area (Å²) >= 11 is 0. The van der Waals surface area contributed by atoms with Crippen molar-refractivity contribution in [3.8, 4) is 0 Å². The topological polar surface area (TPSA) is 55.1 Å². The molecule has 0 aliphatic carbocycles. The number of nitrogens with one attached hydrogen (secondary N) is 1. The van der Waals surface area contributed by atoms with Crippen LogP contribution < -0.4 is 11.1 Å². The van der Waals surface area contributed by atoms with E-state index in [1.165, 1.54) is 16.3 Å². The van der Waals surface area contributed by atoms with Crippen molar-refractivity contribution in [3.63, 3.8) is 0 Å². The molecule has 0 heterocycles. The van der Waals surface area contributed by atoms with Crippen molar-refractivity contribution in [1.29, 1.82) is 0 Å². The fourth-order valence-electron chi connectivity index (χ4n) is 2.29. The van der Waals surface area contributed by atoms with Gasteiger partial charge in [0.15, 0.2) is 0 Å². The lowest BCUT2D eigenvalue weighted by molar-refractivity contribution is -0.121. The second kappa shape index (κ2) is 7.06. The molecule has 0 bridgehead atoms. The molecule has 2 rings (SSSR count). The Morgan fingerprint density at radius 3 is 2.75 bits per heavy atom. The highest BCUT2D eigenvalue weighted by Crippen LogP contribution is 2.18. The van der Waals surface area contributed by atoms with Gasteiger partial charge in [-0.05, 0) is 36.1 Å². The average Bonchev–Trinajstić information content (AvgIpc) is 2.45. The van der Waals surface area contributed by atoms with Gasteiger partial charge < -0.3 is 11.1 Å². The monoisotopic (exact) mass is 270 g/mol. The molecule has 3 heteroatoms. The maximum absolute atomic E-state index is 11.6. The highest BCUT2D eigenvalue weighted by Gasteiger charge is 2.04. The molecule has 3 nitrogen and oxygen atoms in total. The molecule has 0 spiro atoms. The molecule has 20 heavy (non-hydrogen) atoms. The van der Waals surface area contributed by atoms with E-state index in [1.807, 2.05) is 19.1 Å². The molecule has 0 saturated heterocycles. The van der Waals surface area contributed by atoms with Crippen LogP contribution in [0, 0.1) is 0 Å². The molecule has 1 atom stereocenters. The first-order chi connectivity index (χ1) is 9.66. The van der Waals surface area contributed by atoms with Gasteiger partial charge in [0.1, 0.15) is 0 Å². The summed E-state index contributed by atoms with van der Waals surface area (Å²) in [6.45, 7) is 2.59. The molecule has 3 N–H and O–H groups in total. The van der Waals surface area contributed by atoms with Crippen LogP contribution in [-0.4, -0.2) is 18.5 Å². The third-order valence-corrected chi connectivity index (χ3v) is 3.42. The summed E-state index contributed by atoms with van der Waals surface area (Å²) in [5.74, 6) is 0.0857. The Balaban J connectivity index is 1.88. The third kappa shape index (κ3) is 4.07. The Hall–Kier alpha value is -1.87. The van der Waals surface area contributed by atoms with Crippen LogP contribution in [0.1, 0.15) is 25.3 Å². The standard InChI is InChI=1S/C17H22N2O/c1-13(18)9-10-17(20)19-12-11-15-7-4-6-14-5-2-3-8-16(14)15/h2-8,13H,9-12,18H2,1H3,(H,19,20). The molecule has 2 aromatic rings. The number of benzene rings is 2. The molecule has 106 valence electrons. The van der Waals surface area contributed by atoms with E-state index in [9.17, 15) is 4.79 Å². The lowest BCUT2D eigenvalue weighted by atomic mass is 10.0. The highest BCUT2D eigenvalue weighted by molar-refractivity contribution is 5.85. The maximum atomic E-state index is 11.6. The molecule has 0 aromatic heterocycles. The maximum Gasteiger partial charge on any atom is 0.220 e. The minimum atomic E-state index is 0.0822. The van der Waals surface area contributed by atoms with Crippen LogP contribution in [0.5, 0.6) is 0 Å². The third-order valence-electron chi connectivity index (χ3n) is 3.42. The smallest absolute Gasteiger partial charge is 0.220 e. The van der Waals surface area contributed by atoms with Gasteiger partial charge in [-0.1, -0.05) is 42.5 Å². The van der Waals surface area contributed by atoms with Crippen molar-refractivity contribution >= 4 is 16.7 Å². The predicted octanol–water partition coefficient (Wildman–Crippen LogP) is 2.63. The van der Waals surface area contributed by atoms with E-state index in [4.69, 9.17) is 5.73 Å². The summed E-state index contributed by atoms with van der Waals surface area (Å²) in [7, 11) is 0. The second-order valence-corrected chi connectivity index (χ2v) is 5.25. The molecule has 2 aromatic carbocycles. The average molecular weight is 270 g/mol. The van der Waals surface area contributed by atoms with E-state index in [0.29, 0.717) is 13.0 Å². The first-order valence-electron chi connectivity index (χ1n) is 7.16. The Bertz CT molecular complexity index is 573. The molecule has 0 fully saturated rings. The van der Waals surface area contributed by atoms with Crippen LogP contribution in [0.2, 0.25) is 0 Å². The summed E-state index contributed by atoms with van der Waals surface area (Å²) < 4.78 is 0. The van der Waals surface area contributed by atoms with Crippen molar-refractivity contribution in [3.05, 3.63) is 48.0 Å². The molecule has 1 amide bonds. The van der Waals surface area contributed by atoms with Gasteiger partial charge in [0, 0.05) is 19.0 Å². The molecular weight excluding hydrogens is 248 g/mol. The lowest BCUT2D eigenvalue weighted by Gasteiger charge is -2.09. The SMILES string of the molecule is CC(N)CCC(=O)NCCc1cccc2ccccc12. The summed E-state index contributed by atoms with van der Waals surface area (Å²) in [5.41, 5.74) is 6.92. The molecule has 0 radical (unpaired) electrons. The van der Waals surface area contributed by atoms with Crippen molar-refractivity contribution < 1.29 is 4.79 Å². The van der Waals surface area contributed by atoms with Gasteiger partial charge in [0.25, 0.3) is 0 Å². The number of hydrogen-bond acceptors (Lipinski definition) is 2. The van der Waals surface area contributed by atoms with Gasteiger partial charge in [0.2, 0.25) is 5.91 Å². The fourth-order valence-corrected chi connectivity index (χ4v) is 2.29. The zero-order valence-electron chi connectivity index (χ0n) is 11.9. The van der Waals surface area contributed by atoms with Crippen LogP contribution >= 0.6 is 0 Å². The summed E-state index contributed by atoms with van der Waals surface area (Å²) in [4.78, 5) is 11.6. The predicted molar refractivity (Wildman–Crippen MR) is 83.5 cm³/mol. The number of amides is 1. The highest BCUT2D eigenvalue weighted by atomic mass is 16.1. The molecule has 0 saturated carbocycles.